The van der Waals surface area contributed by atoms with Crippen LogP contribution in [0.4, 0.5) is 0 Å². The van der Waals surface area contributed by atoms with Crippen molar-refractivity contribution in [1.82, 2.24) is 0 Å². The molecule has 4 aromatic carbocycles. The van der Waals surface area contributed by atoms with Crippen molar-refractivity contribution in [1.29, 1.82) is 0 Å². The van der Waals surface area contributed by atoms with Crippen LogP contribution in [0.25, 0.3) is 0 Å². The van der Waals surface area contributed by atoms with Crippen LogP contribution in [-0.2, 0) is 0 Å². The summed E-state index contributed by atoms with van der Waals surface area (Å²) in [5.41, 5.74) is 1.63. The molecule has 0 aliphatic heterocycles. The molecule has 0 spiro atoms. The first-order chi connectivity index (χ1) is 19.6. The third-order valence-corrected chi connectivity index (χ3v) is 5.68. The molecule has 4 rings (SSSR count). The summed E-state index contributed by atoms with van der Waals surface area (Å²) in [4.78, 5) is 33.3. The molecule has 0 fully saturated rings. The maximum Gasteiger partial charge on any atom is 0.335 e. The Morgan fingerprint density at radius 1 is 0.439 bits per heavy atom. The van der Waals surface area contributed by atoms with Crippen LogP contribution in [0.1, 0.15) is 64.5 Å². The lowest BCUT2D eigenvalue weighted by Gasteiger charge is -2.06. The molecule has 0 saturated carbocycles. The molecule has 0 heterocycles. The minimum atomic E-state index is -1.09. The van der Waals surface area contributed by atoms with E-state index in [4.69, 9.17) is 15.3 Å². The SMILES string of the molecule is O=C(O)c1ccc(C#Cc2cc(C#Cc3ccc(C(=O)O)cc3)c(O)c(C#Cc3ccc(C(=O)O)cc3)c2O)cc1. The van der Waals surface area contributed by atoms with Gasteiger partial charge < -0.3 is 25.5 Å². The first-order valence-corrected chi connectivity index (χ1v) is 11.8. The maximum absolute atomic E-state index is 11.1. The van der Waals surface area contributed by atoms with Gasteiger partial charge in [-0.3, -0.25) is 0 Å². The number of hydrogen-bond acceptors (Lipinski definition) is 5. The lowest BCUT2D eigenvalue weighted by Crippen LogP contribution is -1.95. The van der Waals surface area contributed by atoms with Crippen LogP contribution in [0.5, 0.6) is 11.5 Å². The van der Waals surface area contributed by atoms with E-state index in [1.54, 1.807) is 0 Å². The molecule has 8 heteroatoms. The molecule has 0 aromatic heterocycles. The minimum Gasteiger partial charge on any atom is -0.505 e. The monoisotopic (exact) mass is 542 g/mol. The lowest BCUT2D eigenvalue weighted by molar-refractivity contribution is 0.0686. The fourth-order valence-electron chi connectivity index (χ4n) is 3.47. The zero-order valence-electron chi connectivity index (χ0n) is 21.0. The second kappa shape index (κ2) is 12.0. The van der Waals surface area contributed by atoms with Gasteiger partial charge in [0.05, 0.1) is 27.8 Å². The summed E-state index contributed by atoms with van der Waals surface area (Å²) in [6.07, 6.45) is 0. The van der Waals surface area contributed by atoms with E-state index >= 15 is 0 Å². The molecule has 0 unspecified atom stereocenters. The number of carboxylic acids is 3. The van der Waals surface area contributed by atoms with Gasteiger partial charge in [0.25, 0.3) is 0 Å². The summed E-state index contributed by atoms with van der Waals surface area (Å²) in [5, 5.41) is 49.1. The predicted molar refractivity (Wildman–Crippen MR) is 148 cm³/mol. The number of rotatable bonds is 3. The molecule has 198 valence electrons. The summed E-state index contributed by atoms with van der Waals surface area (Å²) in [6.45, 7) is 0. The molecule has 0 aliphatic rings. The number of phenolic OH excluding ortho intramolecular Hbond substituents is 2. The van der Waals surface area contributed by atoms with Crippen LogP contribution >= 0.6 is 0 Å². The van der Waals surface area contributed by atoms with Gasteiger partial charge in [-0.15, -0.1) is 0 Å². The fourth-order valence-corrected chi connectivity index (χ4v) is 3.47. The standard InChI is InChI=1S/C33H18O8/c34-29-26(16-7-20-1-10-23(11-2-20)31(36)37)19-27(17-8-21-3-12-24(13-4-21)32(38)39)30(35)28(29)18-9-22-5-14-25(15-6-22)33(40)41/h1-6,10-15,19,34-35H,(H,36,37)(H,38,39)(H,40,41). The van der Waals surface area contributed by atoms with E-state index in [2.05, 4.69) is 35.5 Å². The summed E-state index contributed by atoms with van der Waals surface area (Å²) < 4.78 is 0. The fraction of sp³-hybridized carbons (Fsp3) is 0. The second-order valence-corrected chi connectivity index (χ2v) is 8.44. The number of aromatic hydroxyl groups is 2. The summed E-state index contributed by atoms with van der Waals surface area (Å²) in [7, 11) is 0. The average Bonchev–Trinajstić information content (AvgIpc) is 2.96. The molecular formula is C33H18O8. The van der Waals surface area contributed by atoms with Gasteiger partial charge >= 0.3 is 17.9 Å². The van der Waals surface area contributed by atoms with Crippen LogP contribution in [0.2, 0.25) is 0 Å². The Bertz CT molecular complexity index is 1770. The van der Waals surface area contributed by atoms with E-state index in [0.717, 1.165) is 0 Å². The van der Waals surface area contributed by atoms with E-state index in [0.29, 0.717) is 16.7 Å². The van der Waals surface area contributed by atoms with Crippen LogP contribution in [0, 0.1) is 35.5 Å². The highest BCUT2D eigenvalue weighted by Gasteiger charge is 2.15. The third kappa shape index (κ3) is 6.72. The molecule has 4 aromatic rings. The zero-order chi connectivity index (χ0) is 29.5. The molecule has 8 nitrogen and oxygen atoms in total. The van der Waals surface area contributed by atoms with Crippen LogP contribution in [0.15, 0.2) is 78.9 Å². The molecule has 0 aliphatic carbocycles. The van der Waals surface area contributed by atoms with Crippen molar-refractivity contribution in [2.45, 2.75) is 0 Å². The molecule has 0 saturated heterocycles. The van der Waals surface area contributed by atoms with Crippen LogP contribution in [-0.4, -0.2) is 43.4 Å². The first-order valence-electron chi connectivity index (χ1n) is 11.8. The van der Waals surface area contributed by atoms with E-state index in [1.807, 2.05) is 0 Å². The average molecular weight is 542 g/mol. The lowest BCUT2D eigenvalue weighted by atomic mass is 10.0. The van der Waals surface area contributed by atoms with Crippen molar-refractivity contribution in [3.05, 3.63) is 129 Å². The van der Waals surface area contributed by atoms with Gasteiger partial charge in [0.1, 0.15) is 5.56 Å². The van der Waals surface area contributed by atoms with Crippen molar-refractivity contribution in [3.63, 3.8) is 0 Å². The molecule has 5 N–H and O–H groups in total. The van der Waals surface area contributed by atoms with Crippen molar-refractivity contribution in [2.24, 2.45) is 0 Å². The van der Waals surface area contributed by atoms with E-state index in [9.17, 15) is 24.6 Å². The highest BCUT2D eigenvalue weighted by Crippen LogP contribution is 2.33. The van der Waals surface area contributed by atoms with Crippen molar-refractivity contribution in [3.8, 4) is 47.0 Å². The minimum absolute atomic E-state index is 0.0730. The van der Waals surface area contributed by atoms with Crippen molar-refractivity contribution < 1.29 is 39.9 Å². The van der Waals surface area contributed by atoms with Crippen LogP contribution < -0.4 is 0 Å². The predicted octanol–water partition coefficient (Wildman–Crippen LogP) is 4.39. The largest absolute Gasteiger partial charge is 0.505 e. The van der Waals surface area contributed by atoms with Gasteiger partial charge in [-0.25, -0.2) is 14.4 Å². The second-order valence-electron chi connectivity index (χ2n) is 8.44. The summed E-state index contributed by atoms with van der Waals surface area (Å²) in [5.74, 6) is 12.6. The van der Waals surface area contributed by atoms with Gasteiger partial charge in [0.15, 0.2) is 11.5 Å². The summed E-state index contributed by atoms with van der Waals surface area (Å²) in [6, 6.07) is 18.7. The number of carboxylic acid groups (broad SMARTS) is 3. The van der Waals surface area contributed by atoms with Crippen LogP contribution in [0.3, 0.4) is 0 Å². The third-order valence-electron chi connectivity index (χ3n) is 5.68. The first kappa shape index (κ1) is 27.6. The van der Waals surface area contributed by atoms with E-state index in [1.165, 1.54) is 78.9 Å². The highest BCUT2D eigenvalue weighted by atomic mass is 16.4. The normalized spacial score (nSPS) is 9.66. The van der Waals surface area contributed by atoms with Crippen molar-refractivity contribution >= 4 is 17.9 Å². The van der Waals surface area contributed by atoms with E-state index < -0.39 is 29.4 Å². The Kier molecular flexibility index (Phi) is 8.05. The topological polar surface area (TPSA) is 152 Å². The van der Waals surface area contributed by atoms with Gasteiger partial charge in [-0.05, 0) is 78.9 Å². The Balaban J connectivity index is 1.79. The van der Waals surface area contributed by atoms with Gasteiger partial charge in [0, 0.05) is 16.7 Å². The van der Waals surface area contributed by atoms with E-state index in [-0.39, 0.29) is 33.4 Å². The zero-order valence-corrected chi connectivity index (χ0v) is 21.0. The number of carbonyl (C=O) groups is 3. The molecular weight excluding hydrogens is 524 g/mol. The smallest absolute Gasteiger partial charge is 0.335 e. The molecule has 0 amide bonds. The molecule has 0 atom stereocenters. The van der Waals surface area contributed by atoms with Gasteiger partial charge in [-0.2, -0.15) is 0 Å². The van der Waals surface area contributed by atoms with Crippen molar-refractivity contribution in [2.75, 3.05) is 0 Å². The maximum atomic E-state index is 11.1. The molecule has 41 heavy (non-hydrogen) atoms. The quantitative estimate of drug-likeness (QED) is 0.239. The Labute approximate surface area is 233 Å². The van der Waals surface area contributed by atoms with Gasteiger partial charge in [0.2, 0.25) is 0 Å². The molecule has 0 radical (unpaired) electrons. The Morgan fingerprint density at radius 3 is 1.02 bits per heavy atom. The van der Waals surface area contributed by atoms with Gasteiger partial charge in [-0.1, -0.05) is 35.5 Å². The number of phenols is 2. The number of benzene rings is 4. The Morgan fingerprint density at radius 2 is 0.732 bits per heavy atom. The highest BCUT2D eigenvalue weighted by molar-refractivity contribution is 5.88. The molecule has 0 bridgehead atoms. The summed E-state index contributed by atoms with van der Waals surface area (Å²) >= 11 is 0. The Hall–Kier alpha value is -6.43. The number of aromatic carboxylic acids is 3. The number of hydrogen-bond donors (Lipinski definition) is 5.